The van der Waals surface area contributed by atoms with Gasteiger partial charge in [0.1, 0.15) is 5.69 Å². The second-order valence-corrected chi connectivity index (χ2v) is 6.35. The van der Waals surface area contributed by atoms with Crippen molar-refractivity contribution in [2.75, 3.05) is 11.1 Å². The van der Waals surface area contributed by atoms with Crippen LogP contribution in [0, 0.1) is 24.0 Å². The van der Waals surface area contributed by atoms with E-state index in [0.717, 1.165) is 5.56 Å². The van der Waals surface area contributed by atoms with Crippen molar-refractivity contribution < 1.29 is 9.72 Å². The Morgan fingerprint density at radius 2 is 2.08 bits per heavy atom. The van der Waals surface area contributed by atoms with Gasteiger partial charge in [-0.25, -0.2) is 0 Å². The van der Waals surface area contributed by atoms with E-state index in [1.165, 1.54) is 17.8 Å². The maximum absolute atomic E-state index is 12.3. The third kappa shape index (κ3) is 3.45. The second-order valence-electron chi connectivity index (χ2n) is 5.41. The summed E-state index contributed by atoms with van der Waals surface area (Å²) in [5.74, 6) is -0.269. The number of carbonyl (C=O) groups is 1. The molecule has 1 N–H and O–H groups in total. The SMILES string of the molecule is Cc1ccc([N+](=O)[O-])c(NC(=O)CSc2nnc3ccccn23)c1C. The van der Waals surface area contributed by atoms with Crippen LogP contribution in [0.15, 0.2) is 41.7 Å². The average molecular weight is 357 g/mol. The average Bonchev–Trinajstić information content (AvgIpc) is 3.00. The second kappa shape index (κ2) is 6.89. The van der Waals surface area contributed by atoms with E-state index < -0.39 is 4.92 Å². The van der Waals surface area contributed by atoms with Crippen LogP contribution in [-0.2, 0) is 4.79 Å². The summed E-state index contributed by atoms with van der Waals surface area (Å²) in [7, 11) is 0. The molecular weight excluding hydrogens is 342 g/mol. The molecule has 2 heterocycles. The molecule has 128 valence electrons. The van der Waals surface area contributed by atoms with Gasteiger partial charge in [-0.2, -0.15) is 0 Å². The van der Waals surface area contributed by atoms with Crippen LogP contribution < -0.4 is 5.32 Å². The number of aromatic nitrogens is 3. The number of nitrogens with zero attached hydrogens (tertiary/aromatic N) is 4. The van der Waals surface area contributed by atoms with Gasteiger partial charge in [0.05, 0.1) is 10.7 Å². The summed E-state index contributed by atoms with van der Waals surface area (Å²) in [6.07, 6.45) is 1.81. The summed E-state index contributed by atoms with van der Waals surface area (Å²) >= 11 is 1.22. The Bertz CT molecular complexity index is 970. The number of benzene rings is 1. The highest BCUT2D eigenvalue weighted by Gasteiger charge is 2.19. The number of aryl methyl sites for hydroxylation is 1. The Hall–Kier alpha value is -2.94. The van der Waals surface area contributed by atoms with Gasteiger partial charge in [0.15, 0.2) is 10.8 Å². The van der Waals surface area contributed by atoms with Crippen molar-refractivity contribution in [1.82, 2.24) is 14.6 Å². The highest BCUT2D eigenvalue weighted by atomic mass is 32.2. The maximum Gasteiger partial charge on any atom is 0.293 e. The lowest BCUT2D eigenvalue weighted by Gasteiger charge is -2.10. The molecule has 3 rings (SSSR count). The molecule has 1 aromatic carbocycles. The fraction of sp³-hybridized carbons (Fsp3) is 0.188. The Morgan fingerprint density at radius 1 is 1.28 bits per heavy atom. The first-order valence-electron chi connectivity index (χ1n) is 7.44. The van der Waals surface area contributed by atoms with Crippen molar-refractivity contribution >= 4 is 34.7 Å². The Kier molecular flexibility index (Phi) is 4.66. The van der Waals surface area contributed by atoms with E-state index in [1.807, 2.05) is 31.3 Å². The predicted molar refractivity (Wildman–Crippen MR) is 94.9 cm³/mol. The molecule has 0 aliphatic heterocycles. The highest BCUT2D eigenvalue weighted by Crippen LogP contribution is 2.30. The fourth-order valence-corrected chi connectivity index (χ4v) is 3.06. The number of amides is 1. The molecule has 0 saturated carbocycles. The zero-order valence-electron chi connectivity index (χ0n) is 13.6. The number of thioether (sulfide) groups is 1. The minimum Gasteiger partial charge on any atom is -0.319 e. The van der Waals surface area contributed by atoms with Gasteiger partial charge in [0.2, 0.25) is 5.91 Å². The predicted octanol–water partition coefficient (Wildman–Crippen LogP) is 2.99. The first kappa shape index (κ1) is 16.9. The number of nitro groups is 1. The van der Waals surface area contributed by atoms with Crippen molar-refractivity contribution in [3.8, 4) is 0 Å². The molecule has 8 nitrogen and oxygen atoms in total. The monoisotopic (exact) mass is 357 g/mol. The molecular formula is C16H15N5O3S. The zero-order chi connectivity index (χ0) is 18.0. The van der Waals surface area contributed by atoms with Crippen LogP contribution in [0.3, 0.4) is 0 Å². The maximum atomic E-state index is 12.3. The number of nitro benzene ring substituents is 1. The van der Waals surface area contributed by atoms with Crippen LogP contribution in [0.25, 0.3) is 5.65 Å². The normalized spacial score (nSPS) is 10.8. The van der Waals surface area contributed by atoms with Gasteiger partial charge in [-0.05, 0) is 37.1 Å². The lowest BCUT2D eigenvalue weighted by Crippen LogP contribution is -2.16. The minimum absolute atomic E-state index is 0.0697. The lowest BCUT2D eigenvalue weighted by molar-refractivity contribution is -0.384. The first-order valence-corrected chi connectivity index (χ1v) is 8.43. The molecule has 0 aliphatic carbocycles. The molecule has 0 unspecified atom stereocenters. The van der Waals surface area contributed by atoms with E-state index in [0.29, 0.717) is 16.4 Å². The van der Waals surface area contributed by atoms with Crippen LogP contribution in [0.4, 0.5) is 11.4 Å². The van der Waals surface area contributed by atoms with Crippen molar-refractivity contribution in [2.24, 2.45) is 0 Å². The standard InChI is InChI=1S/C16H15N5O3S/c1-10-6-7-12(21(23)24)15(11(10)2)17-14(22)9-25-16-19-18-13-5-3-4-8-20(13)16/h3-8H,9H2,1-2H3,(H,17,22). The summed E-state index contributed by atoms with van der Waals surface area (Å²) in [4.78, 5) is 23.0. The molecule has 0 aliphatic rings. The summed E-state index contributed by atoms with van der Waals surface area (Å²) in [5.41, 5.74) is 2.36. The zero-order valence-corrected chi connectivity index (χ0v) is 14.4. The van der Waals surface area contributed by atoms with Gasteiger partial charge >= 0.3 is 0 Å². The van der Waals surface area contributed by atoms with E-state index in [9.17, 15) is 14.9 Å². The summed E-state index contributed by atoms with van der Waals surface area (Å²) in [6, 6.07) is 8.58. The largest absolute Gasteiger partial charge is 0.319 e. The minimum atomic E-state index is -0.499. The molecule has 9 heteroatoms. The van der Waals surface area contributed by atoms with Gasteiger partial charge in [0.25, 0.3) is 5.69 Å². The summed E-state index contributed by atoms with van der Waals surface area (Å²) in [5, 5.41) is 22.5. The Labute approximate surface area is 147 Å². The molecule has 0 spiro atoms. The van der Waals surface area contributed by atoms with E-state index in [4.69, 9.17) is 0 Å². The topological polar surface area (TPSA) is 102 Å². The van der Waals surface area contributed by atoms with E-state index >= 15 is 0 Å². The van der Waals surface area contributed by atoms with E-state index in [-0.39, 0.29) is 23.0 Å². The van der Waals surface area contributed by atoms with E-state index in [1.54, 1.807) is 17.4 Å². The number of rotatable bonds is 5. The number of hydrogen-bond donors (Lipinski definition) is 1. The summed E-state index contributed by atoms with van der Waals surface area (Å²) in [6.45, 7) is 3.59. The molecule has 0 radical (unpaired) electrons. The molecule has 2 aromatic heterocycles. The van der Waals surface area contributed by atoms with Crippen LogP contribution in [0.2, 0.25) is 0 Å². The van der Waals surface area contributed by atoms with Gasteiger partial charge in [-0.3, -0.25) is 19.3 Å². The number of pyridine rings is 1. The molecule has 3 aromatic rings. The van der Waals surface area contributed by atoms with Gasteiger partial charge < -0.3 is 5.32 Å². The quantitative estimate of drug-likeness (QED) is 0.428. The lowest BCUT2D eigenvalue weighted by atomic mass is 10.1. The highest BCUT2D eigenvalue weighted by molar-refractivity contribution is 7.99. The third-order valence-corrected chi connectivity index (χ3v) is 4.73. The number of anilines is 1. The molecule has 0 fully saturated rings. The van der Waals surface area contributed by atoms with Gasteiger partial charge in [-0.15, -0.1) is 10.2 Å². The number of carbonyl (C=O) groups excluding carboxylic acids is 1. The van der Waals surface area contributed by atoms with Crippen LogP contribution in [0.1, 0.15) is 11.1 Å². The number of nitrogens with one attached hydrogen (secondary N) is 1. The fourth-order valence-electron chi connectivity index (χ4n) is 2.33. The van der Waals surface area contributed by atoms with Crippen LogP contribution in [0.5, 0.6) is 0 Å². The smallest absolute Gasteiger partial charge is 0.293 e. The van der Waals surface area contributed by atoms with Gasteiger partial charge in [-0.1, -0.05) is 23.9 Å². The van der Waals surface area contributed by atoms with Gasteiger partial charge in [0, 0.05) is 12.3 Å². The number of fused-ring (bicyclic) bond motifs is 1. The number of hydrogen-bond acceptors (Lipinski definition) is 6. The third-order valence-electron chi connectivity index (χ3n) is 3.79. The molecule has 0 atom stereocenters. The molecule has 0 bridgehead atoms. The summed E-state index contributed by atoms with van der Waals surface area (Å²) < 4.78 is 1.78. The van der Waals surface area contributed by atoms with Crippen LogP contribution >= 0.6 is 11.8 Å². The van der Waals surface area contributed by atoms with Crippen molar-refractivity contribution in [1.29, 1.82) is 0 Å². The molecule has 25 heavy (non-hydrogen) atoms. The van der Waals surface area contributed by atoms with Crippen molar-refractivity contribution in [3.05, 3.63) is 57.8 Å². The molecule has 1 amide bonds. The van der Waals surface area contributed by atoms with Crippen LogP contribution in [-0.4, -0.2) is 31.2 Å². The molecule has 0 saturated heterocycles. The van der Waals surface area contributed by atoms with Crippen molar-refractivity contribution in [3.63, 3.8) is 0 Å². The first-order chi connectivity index (χ1) is 12.0. The Balaban J connectivity index is 1.75. The van der Waals surface area contributed by atoms with Crippen molar-refractivity contribution in [2.45, 2.75) is 19.0 Å². The Morgan fingerprint density at radius 3 is 2.84 bits per heavy atom. The van der Waals surface area contributed by atoms with E-state index in [2.05, 4.69) is 15.5 Å².